The van der Waals surface area contributed by atoms with Crippen molar-refractivity contribution in [2.75, 3.05) is 13.1 Å². The lowest BCUT2D eigenvalue weighted by atomic mass is 9.61. The van der Waals surface area contributed by atoms with Crippen molar-refractivity contribution in [3.05, 3.63) is 0 Å². The highest BCUT2D eigenvalue weighted by Gasteiger charge is 2.44. The lowest BCUT2D eigenvalue weighted by Gasteiger charge is -2.53. The largest absolute Gasteiger partial charge is 0.300 e. The van der Waals surface area contributed by atoms with Crippen LogP contribution < -0.4 is 0 Å². The Balaban J connectivity index is 1.43. The number of alkyl halides is 1. The summed E-state index contributed by atoms with van der Waals surface area (Å²) >= 11 is 0. The van der Waals surface area contributed by atoms with Crippen molar-refractivity contribution in [3.63, 3.8) is 0 Å². The highest BCUT2D eigenvalue weighted by molar-refractivity contribution is 4.97. The third-order valence-electron chi connectivity index (χ3n) is 7.58. The normalized spacial score (nSPS) is 46.8. The second-order valence-corrected chi connectivity index (χ2v) is 8.71. The van der Waals surface area contributed by atoms with E-state index in [1.165, 1.54) is 64.3 Å². The van der Waals surface area contributed by atoms with Crippen LogP contribution in [0.25, 0.3) is 0 Å². The number of halogens is 1. The first-order valence-corrected chi connectivity index (χ1v) is 10.2. The van der Waals surface area contributed by atoms with Gasteiger partial charge in [0, 0.05) is 18.5 Å². The number of likely N-dealkylation sites (tertiary alicyclic amines) is 1. The third-order valence-corrected chi connectivity index (χ3v) is 7.58. The van der Waals surface area contributed by atoms with Crippen molar-refractivity contribution in [2.24, 2.45) is 23.7 Å². The second-order valence-electron chi connectivity index (χ2n) is 8.71. The maximum Gasteiger partial charge on any atom is 0.104 e. The van der Waals surface area contributed by atoms with E-state index in [1.807, 2.05) is 0 Å². The molecular weight excluding hydrogens is 273 g/mol. The van der Waals surface area contributed by atoms with E-state index in [4.69, 9.17) is 0 Å². The van der Waals surface area contributed by atoms with Crippen molar-refractivity contribution in [2.45, 2.75) is 89.3 Å². The topological polar surface area (TPSA) is 3.24 Å². The Kier molecular flexibility index (Phi) is 4.76. The lowest BCUT2D eigenvalue weighted by molar-refractivity contribution is -0.0321. The van der Waals surface area contributed by atoms with Gasteiger partial charge in [-0.1, -0.05) is 32.1 Å². The Hall–Kier alpha value is -0.110. The van der Waals surface area contributed by atoms with Crippen molar-refractivity contribution >= 4 is 0 Å². The quantitative estimate of drug-likeness (QED) is 0.678. The summed E-state index contributed by atoms with van der Waals surface area (Å²) in [5.41, 5.74) is 0. The van der Waals surface area contributed by atoms with Gasteiger partial charge in [0.05, 0.1) is 0 Å². The van der Waals surface area contributed by atoms with Crippen molar-refractivity contribution in [1.82, 2.24) is 4.90 Å². The molecule has 4 rings (SSSR count). The van der Waals surface area contributed by atoms with E-state index in [2.05, 4.69) is 4.90 Å². The van der Waals surface area contributed by atoms with Crippen molar-refractivity contribution in [3.8, 4) is 0 Å². The molecule has 6 unspecified atom stereocenters. The standard InChI is InChI=1S/C20H34FN/c21-19-10-4-2-7-16(19)14-22-13-5-9-18-17-8-3-1-6-15(17)11-12-20(18)22/h15-20H,1-14H2. The number of piperidine rings is 1. The average Bonchev–Trinajstić information content (AvgIpc) is 2.57. The van der Waals surface area contributed by atoms with Crippen LogP contribution in [0.3, 0.4) is 0 Å². The Morgan fingerprint density at radius 2 is 1.50 bits per heavy atom. The summed E-state index contributed by atoms with van der Waals surface area (Å²) in [6.45, 7) is 2.32. The highest BCUT2D eigenvalue weighted by atomic mass is 19.1. The van der Waals surface area contributed by atoms with Crippen molar-refractivity contribution < 1.29 is 4.39 Å². The molecule has 126 valence electrons. The number of hydrogen-bond donors (Lipinski definition) is 0. The van der Waals surface area contributed by atoms with Crippen LogP contribution in [0.2, 0.25) is 0 Å². The molecule has 0 bridgehead atoms. The Morgan fingerprint density at radius 3 is 2.41 bits per heavy atom. The summed E-state index contributed by atoms with van der Waals surface area (Å²) < 4.78 is 14.3. The summed E-state index contributed by atoms with van der Waals surface area (Å²) in [6.07, 6.45) is 15.5. The van der Waals surface area contributed by atoms with Gasteiger partial charge < -0.3 is 0 Å². The maximum atomic E-state index is 14.3. The zero-order chi connectivity index (χ0) is 14.9. The first-order chi connectivity index (χ1) is 10.8. The monoisotopic (exact) mass is 307 g/mol. The zero-order valence-corrected chi connectivity index (χ0v) is 14.2. The van der Waals surface area contributed by atoms with Gasteiger partial charge in [-0.05, 0) is 69.2 Å². The molecule has 2 heteroatoms. The lowest BCUT2D eigenvalue weighted by Crippen LogP contribution is -2.54. The summed E-state index contributed by atoms with van der Waals surface area (Å²) in [7, 11) is 0. The van der Waals surface area contributed by atoms with Crippen LogP contribution in [0, 0.1) is 23.7 Å². The first-order valence-electron chi connectivity index (χ1n) is 10.2. The van der Waals surface area contributed by atoms with Crippen LogP contribution in [0.5, 0.6) is 0 Å². The van der Waals surface area contributed by atoms with E-state index in [-0.39, 0.29) is 0 Å². The molecule has 4 aliphatic rings. The van der Waals surface area contributed by atoms with Crippen LogP contribution >= 0.6 is 0 Å². The predicted octanol–water partition coefficient (Wildman–Crippen LogP) is 5.20. The van der Waals surface area contributed by atoms with Gasteiger partial charge in [-0.3, -0.25) is 4.90 Å². The highest BCUT2D eigenvalue weighted by Crippen LogP contribution is 2.48. The molecule has 3 saturated carbocycles. The van der Waals surface area contributed by atoms with Gasteiger partial charge in [0.15, 0.2) is 0 Å². The smallest absolute Gasteiger partial charge is 0.104 e. The molecule has 0 spiro atoms. The minimum Gasteiger partial charge on any atom is -0.300 e. The molecule has 1 nitrogen and oxygen atoms in total. The van der Waals surface area contributed by atoms with E-state index in [0.717, 1.165) is 49.6 Å². The molecule has 4 fully saturated rings. The Bertz CT molecular complexity index is 371. The molecule has 0 aromatic rings. The van der Waals surface area contributed by atoms with E-state index in [9.17, 15) is 4.39 Å². The van der Waals surface area contributed by atoms with Gasteiger partial charge in [-0.15, -0.1) is 0 Å². The average molecular weight is 307 g/mol. The molecule has 6 atom stereocenters. The molecular formula is C20H34FN. The number of nitrogens with zero attached hydrogens (tertiary/aromatic N) is 1. The molecule has 0 amide bonds. The maximum absolute atomic E-state index is 14.3. The summed E-state index contributed by atoms with van der Waals surface area (Å²) in [5.74, 6) is 3.35. The zero-order valence-electron chi connectivity index (χ0n) is 14.2. The Labute approximate surface area is 136 Å². The molecule has 0 aromatic heterocycles. The van der Waals surface area contributed by atoms with E-state index >= 15 is 0 Å². The predicted molar refractivity (Wildman–Crippen MR) is 89.6 cm³/mol. The van der Waals surface area contributed by atoms with Crippen molar-refractivity contribution in [1.29, 1.82) is 0 Å². The SMILES string of the molecule is FC1CCCCC1CN1CCCC2C3CCCCC3CCC21. The van der Waals surface area contributed by atoms with E-state index in [1.54, 1.807) is 0 Å². The van der Waals surface area contributed by atoms with Crippen LogP contribution in [-0.4, -0.2) is 30.2 Å². The summed E-state index contributed by atoms with van der Waals surface area (Å²) in [5, 5.41) is 0. The molecule has 1 aliphatic heterocycles. The molecule has 0 aromatic carbocycles. The summed E-state index contributed by atoms with van der Waals surface area (Å²) in [6, 6.07) is 0.808. The van der Waals surface area contributed by atoms with Crippen LogP contribution in [-0.2, 0) is 0 Å². The summed E-state index contributed by atoms with van der Waals surface area (Å²) in [4.78, 5) is 2.75. The van der Waals surface area contributed by atoms with Crippen LogP contribution in [0.1, 0.15) is 77.0 Å². The molecule has 3 aliphatic carbocycles. The molecule has 22 heavy (non-hydrogen) atoms. The molecule has 0 radical (unpaired) electrons. The van der Waals surface area contributed by atoms with E-state index in [0.29, 0.717) is 5.92 Å². The minimum absolute atomic E-state index is 0.344. The third kappa shape index (κ3) is 2.97. The van der Waals surface area contributed by atoms with Crippen LogP contribution in [0.4, 0.5) is 4.39 Å². The van der Waals surface area contributed by atoms with E-state index < -0.39 is 6.17 Å². The minimum atomic E-state index is -0.514. The fourth-order valence-electron chi connectivity index (χ4n) is 6.49. The molecule has 1 heterocycles. The first kappa shape index (κ1) is 15.4. The number of rotatable bonds is 2. The fraction of sp³-hybridized carbons (Fsp3) is 1.00. The van der Waals surface area contributed by atoms with Crippen LogP contribution in [0.15, 0.2) is 0 Å². The Morgan fingerprint density at radius 1 is 0.727 bits per heavy atom. The second kappa shape index (κ2) is 6.79. The number of hydrogen-bond acceptors (Lipinski definition) is 1. The van der Waals surface area contributed by atoms with Gasteiger partial charge in [-0.2, -0.15) is 0 Å². The van der Waals surface area contributed by atoms with Gasteiger partial charge in [-0.25, -0.2) is 4.39 Å². The number of fused-ring (bicyclic) bond motifs is 3. The fourth-order valence-corrected chi connectivity index (χ4v) is 6.49. The molecule has 1 saturated heterocycles. The van der Waals surface area contributed by atoms with Gasteiger partial charge >= 0.3 is 0 Å². The van der Waals surface area contributed by atoms with Gasteiger partial charge in [0.25, 0.3) is 0 Å². The van der Waals surface area contributed by atoms with Gasteiger partial charge in [0.1, 0.15) is 6.17 Å². The molecule has 0 N–H and O–H groups in total. The van der Waals surface area contributed by atoms with Gasteiger partial charge in [0.2, 0.25) is 0 Å².